The molecule has 0 heterocycles. The van der Waals surface area contributed by atoms with Crippen molar-refractivity contribution in [1.82, 2.24) is 4.72 Å². The third-order valence-electron chi connectivity index (χ3n) is 2.50. The zero-order chi connectivity index (χ0) is 15.2. The minimum atomic E-state index is -3.68. The van der Waals surface area contributed by atoms with Gasteiger partial charge in [0.2, 0.25) is 10.0 Å². The zero-order valence-electron chi connectivity index (χ0n) is 11.5. The van der Waals surface area contributed by atoms with E-state index in [1.165, 1.54) is 21.3 Å². The van der Waals surface area contributed by atoms with Gasteiger partial charge in [-0.15, -0.1) is 0 Å². The SMILES string of the molecule is COC(=O)CNS(=O)(=O)Cc1cc(OC)ccc1OC. The third kappa shape index (κ3) is 4.71. The van der Waals surface area contributed by atoms with E-state index in [1.54, 1.807) is 18.2 Å². The Labute approximate surface area is 117 Å². The molecule has 1 aromatic carbocycles. The minimum absolute atomic E-state index is 0.329. The van der Waals surface area contributed by atoms with Crippen LogP contribution in [0.2, 0.25) is 0 Å². The van der Waals surface area contributed by atoms with Crippen molar-refractivity contribution in [3.63, 3.8) is 0 Å². The first-order chi connectivity index (χ1) is 9.41. The predicted molar refractivity (Wildman–Crippen MR) is 72.2 cm³/mol. The molecule has 0 spiro atoms. The van der Waals surface area contributed by atoms with Crippen molar-refractivity contribution in [2.75, 3.05) is 27.9 Å². The van der Waals surface area contributed by atoms with Gasteiger partial charge < -0.3 is 14.2 Å². The van der Waals surface area contributed by atoms with Crippen molar-refractivity contribution in [2.24, 2.45) is 0 Å². The fourth-order valence-electron chi connectivity index (χ4n) is 1.49. The van der Waals surface area contributed by atoms with Crippen LogP contribution in [0.15, 0.2) is 18.2 Å². The maximum absolute atomic E-state index is 11.9. The van der Waals surface area contributed by atoms with Crippen LogP contribution >= 0.6 is 0 Å². The molecule has 0 saturated heterocycles. The molecule has 0 bridgehead atoms. The molecule has 0 aliphatic rings. The Morgan fingerprint density at radius 2 is 1.90 bits per heavy atom. The highest BCUT2D eigenvalue weighted by atomic mass is 32.2. The minimum Gasteiger partial charge on any atom is -0.497 e. The van der Waals surface area contributed by atoms with E-state index >= 15 is 0 Å². The van der Waals surface area contributed by atoms with E-state index in [9.17, 15) is 13.2 Å². The molecule has 7 nitrogen and oxygen atoms in total. The molecule has 8 heteroatoms. The number of esters is 1. The second-order valence-corrected chi connectivity index (χ2v) is 5.64. The van der Waals surface area contributed by atoms with Crippen molar-refractivity contribution in [3.8, 4) is 11.5 Å². The number of carbonyl (C=O) groups is 1. The zero-order valence-corrected chi connectivity index (χ0v) is 12.3. The van der Waals surface area contributed by atoms with Crippen LogP contribution in [-0.4, -0.2) is 42.3 Å². The first kappa shape index (κ1) is 16.3. The lowest BCUT2D eigenvalue weighted by molar-refractivity contribution is -0.139. The summed E-state index contributed by atoms with van der Waals surface area (Å²) in [7, 11) is 0.425. The molecule has 20 heavy (non-hydrogen) atoms. The van der Waals surface area contributed by atoms with Gasteiger partial charge in [0.15, 0.2) is 0 Å². The van der Waals surface area contributed by atoms with Crippen molar-refractivity contribution in [1.29, 1.82) is 0 Å². The fraction of sp³-hybridized carbons (Fsp3) is 0.417. The Balaban J connectivity index is 2.87. The molecule has 0 atom stereocenters. The summed E-state index contributed by atoms with van der Waals surface area (Å²) < 4.78 is 40.4. The van der Waals surface area contributed by atoms with Gasteiger partial charge in [-0.2, -0.15) is 0 Å². The van der Waals surface area contributed by atoms with Crippen LogP contribution in [-0.2, 0) is 25.3 Å². The predicted octanol–water partition coefficient (Wildman–Crippen LogP) is 0.296. The van der Waals surface area contributed by atoms with E-state index in [-0.39, 0.29) is 5.75 Å². The molecule has 1 aromatic rings. The number of hydrogen-bond donors (Lipinski definition) is 1. The van der Waals surface area contributed by atoms with Gasteiger partial charge in [0.1, 0.15) is 18.0 Å². The number of rotatable bonds is 7. The van der Waals surface area contributed by atoms with Crippen LogP contribution < -0.4 is 14.2 Å². The van der Waals surface area contributed by atoms with Crippen molar-refractivity contribution < 1.29 is 27.4 Å². The van der Waals surface area contributed by atoms with E-state index in [4.69, 9.17) is 9.47 Å². The maximum atomic E-state index is 11.9. The second-order valence-electron chi connectivity index (χ2n) is 3.83. The van der Waals surface area contributed by atoms with Gasteiger partial charge in [-0.3, -0.25) is 4.79 Å². The Morgan fingerprint density at radius 3 is 2.45 bits per heavy atom. The number of nitrogens with one attached hydrogen (secondary N) is 1. The average Bonchev–Trinajstić information content (AvgIpc) is 2.44. The number of methoxy groups -OCH3 is 3. The molecule has 0 aromatic heterocycles. The van der Waals surface area contributed by atoms with Gasteiger partial charge in [0, 0.05) is 5.56 Å². The van der Waals surface area contributed by atoms with Gasteiger partial charge in [0.05, 0.1) is 27.1 Å². The highest BCUT2D eigenvalue weighted by Gasteiger charge is 2.17. The molecular formula is C12H17NO6S. The van der Waals surface area contributed by atoms with E-state index in [0.717, 1.165) is 0 Å². The van der Waals surface area contributed by atoms with Gasteiger partial charge in [0.25, 0.3) is 0 Å². The van der Waals surface area contributed by atoms with Gasteiger partial charge in [-0.1, -0.05) is 0 Å². The Kier molecular flexibility index (Phi) is 5.78. The highest BCUT2D eigenvalue weighted by Crippen LogP contribution is 2.25. The monoisotopic (exact) mass is 303 g/mol. The fourth-order valence-corrected chi connectivity index (χ4v) is 2.57. The first-order valence-corrected chi connectivity index (χ1v) is 7.32. The van der Waals surface area contributed by atoms with Crippen LogP contribution in [0.25, 0.3) is 0 Å². The molecule has 112 valence electrons. The van der Waals surface area contributed by atoms with Crippen LogP contribution in [0.1, 0.15) is 5.56 Å². The molecule has 0 aliphatic heterocycles. The molecule has 0 aliphatic carbocycles. The lowest BCUT2D eigenvalue weighted by Crippen LogP contribution is -2.31. The van der Waals surface area contributed by atoms with Crippen molar-refractivity contribution >= 4 is 16.0 Å². The van der Waals surface area contributed by atoms with Gasteiger partial charge >= 0.3 is 5.97 Å². The maximum Gasteiger partial charge on any atom is 0.320 e. The molecule has 0 unspecified atom stereocenters. The molecule has 1 rings (SSSR count). The Bertz CT molecular complexity index is 569. The summed E-state index contributed by atoms with van der Waals surface area (Å²) in [5.41, 5.74) is 0.434. The lowest BCUT2D eigenvalue weighted by Gasteiger charge is -2.11. The van der Waals surface area contributed by atoms with Crippen LogP contribution in [0.4, 0.5) is 0 Å². The normalized spacial score (nSPS) is 10.9. The topological polar surface area (TPSA) is 90.9 Å². The Morgan fingerprint density at radius 1 is 1.20 bits per heavy atom. The summed E-state index contributed by atoms with van der Waals surface area (Å²) in [6.07, 6.45) is 0. The summed E-state index contributed by atoms with van der Waals surface area (Å²) in [5, 5.41) is 0. The summed E-state index contributed by atoms with van der Waals surface area (Å²) in [6.45, 7) is -0.412. The van der Waals surface area contributed by atoms with E-state index in [1.807, 2.05) is 0 Å². The molecule has 0 fully saturated rings. The lowest BCUT2D eigenvalue weighted by atomic mass is 10.2. The van der Waals surface area contributed by atoms with Gasteiger partial charge in [-0.05, 0) is 18.2 Å². The quantitative estimate of drug-likeness (QED) is 0.728. The highest BCUT2D eigenvalue weighted by molar-refractivity contribution is 7.88. The number of carbonyl (C=O) groups excluding carboxylic acids is 1. The molecule has 0 radical (unpaired) electrons. The smallest absolute Gasteiger partial charge is 0.320 e. The molecular weight excluding hydrogens is 286 g/mol. The molecule has 1 N–H and O–H groups in total. The summed E-state index contributed by atoms with van der Waals surface area (Å²) in [5.74, 6) is -0.0472. The van der Waals surface area contributed by atoms with Gasteiger partial charge in [-0.25, -0.2) is 13.1 Å². The van der Waals surface area contributed by atoms with Crippen LogP contribution in [0.3, 0.4) is 0 Å². The summed E-state index contributed by atoms with van der Waals surface area (Å²) in [4.78, 5) is 10.9. The standard InChI is InChI=1S/C12H17NO6S/c1-17-10-4-5-11(18-2)9(6-10)8-20(15,16)13-7-12(14)19-3/h4-6,13H,7-8H2,1-3H3. The number of hydrogen-bond acceptors (Lipinski definition) is 6. The summed E-state index contributed by atoms with van der Waals surface area (Å²) >= 11 is 0. The molecule has 0 amide bonds. The van der Waals surface area contributed by atoms with E-state index in [2.05, 4.69) is 9.46 Å². The summed E-state index contributed by atoms with van der Waals surface area (Å²) in [6, 6.07) is 4.84. The van der Waals surface area contributed by atoms with E-state index < -0.39 is 22.5 Å². The van der Waals surface area contributed by atoms with Crippen LogP contribution in [0, 0.1) is 0 Å². The second kappa shape index (κ2) is 7.11. The molecule has 0 saturated carbocycles. The van der Waals surface area contributed by atoms with Crippen molar-refractivity contribution in [2.45, 2.75) is 5.75 Å². The number of sulfonamides is 1. The third-order valence-corrected chi connectivity index (χ3v) is 3.77. The Hall–Kier alpha value is -1.80. The first-order valence-electron chi connectivity index (χ1n) is 5.67. The van der Waals surface area contributed by atoms with E-state index in [0.29, 0.717) is 17.1 Å². The van der Waals surface area contributed by atoms with Crippen molar-refractivity contribution in [3.05, 3.63) is 23.8 Å². The van der Waals surface area contributed by atoms with Crippen LogP contribution in [0.5, 0.6) is 11.5 Å². The number of benzene rings is 1. The largest absolute Gasteiger partial charge is 0.497 e. The number of ether oxygens (including phenoxy) is 3. The average molecular weight is 303 g/mol.